The molecule has 1 rings (SSSR count). The van der Waals surface area contributed by atoms with Crippen molar-refractivity contribution in [1.29, 1.82) is 0 Å². The van der Waals surface area contributed by atoms with E-state index in [1.54, 1.807) is 32.9 Å². The summed E-state index contributed by atoms with van der Waals surface area (Å²) in [5.41, 5.74) is 1.18. The largest absolute Gasteiger partial charge is 0.444 e. The van der Waals surface area contributed by atoms with E-state index in [1.807, 2.05) is 12.1 Å². The van der Waals surface area contributed by atoms with E-state index in [9.17, 15) is 9.59 Å². The Kier molecular flexibility index (Phi) is 6.68. The predicted octanol–water partition coefficient (Wildman–Crippen LogP) is 2.84. The minimum Gasteiger partial charge on any atom is -0.444 e. The number of halogens is 1. The van der Waals surface area contributed by atoms with Crippen LogP contribution in [-0.2, 0) is 10.1 Å². The topological polar surface area (TPSA) is 67.4 Å². The average Bonchev–Trinajstić information content (AvgIpc) is 2.41. The predicted molar refractivity (Wildman–Crippen MR) is 85.6 cm³/mol. The van der Waals surface area contributed by atoms with E-state index < -0.39 is 11.7 Å². The van der Waals surface area contributed by atoms with Gasteiger partial charge >= 0.3 is 6.09 Å². The van der Waals surface area contributed by atoms with Gasteiger partial charge in [0, 0.05) is 24.0 Å². The Bertz CT molecular complexity index is 481. The van der Waals surface area contributed by atoms with E-state index in [2.05, 4.69) is 26.6 Å². The fourth-order valence-corrected chi connectivity index (χ4v) is 1.88. The first kappa shape index (κ1) is 17.5. The van der Waals surface area contributed by atoms with Crippen LogP contribution in [0.25, 0.3) is 0 Å². The molecule has 21 heavy (non-hydrogen) atoms. The normalized spacial score (nSPS) is 10.9. The van der Waals surface area contributed by atoms with Crippen molar-refractivity contribution in [2.45, 2.75) is 31.7 Å². The van der Waals surface area contributed by atoms with Crippen molar-refractivity contribution >= 4 is 27.9 Å². The number of carbonyl (C=O) groups is 2. The second-order valence-corrected chi connectivity index (χ2v) is 6.08. The van der Waals surface area contributed by atoms with Crippen molar-refractivity contribution in [1.82, 2.24) is 10.6 Å². The number of carbonyl (C=O) groups excluding carboxylic acids is 2. The van der Waals surface area contributed by atoms with Crippen LogP contribution in [0.1, 0.15) is 36.7 Å². The fraction of sp³-hybridized carbons (Fsp3) is 0.467. The van der Waals surface area contributed by atoms with Crippen molar-refractivity contribution in [2.24, 2.45) is 0 Å². The summed E-state index contributed by atoms with van der Waals surface area (Å²) in [6.07, 6.45) is -0.488. The maximum atomic E-state index is 11.9. The minimum atomic E-state index is -0.523. The number of alkyl carbamates (subject to hydrolysis) is 1. The summed E-state index contributed by atoms with van der Waals surface area (Å²) in [7, 11) is 0. The summed E-state index contributed by atoms with van der Waals surface area (Å²) < 4.78 is 5.09. The van der Waals surface area contributed by atoms with Crippen LogP contribution < -0.4 is 10.6 Å². The van der Waals surface area contributed by atoms with Crippen LogP contribution in [0.3, 0.4) is 0 Å². The summed E-state index contributed by atoms with van der Waals surface area (Å²) in [4.78, 5) is 23.2. The van der Waals surface area contributed by atoms with Gasteiger partial charge in [0.25, 0.3) is 5.91 Å². The summed E-state index contributed by atoms with van der Waals surface area (Å²) in [5.74, 6) is -0.165. The Morgan fingerprint density at radius 3 is 2.19 bits per heavy atom. The molecule has 0 radical (unpaired) electrons. The van der Waals surface area contributed by atoms with Gasteiger partial charge < -0.3 is 15.4 Å². The second kappa shape index (κ2) is 8.02. The number of nitrogens with one attached hydrogen (secondary N) is 2. The highest BCUT2D eigenvalue weighted by Crippen LogP contribution is 2.08. The van der Waals surface area contributed by atoms with Gasteiger partial charge in [0.1, 0.15) is 5.60 Å². The molecule has 0 unspecified atom stereocenters. The lowest BCUT2D eigenvalue weighted by Crippen LogP contribution is -2.37. The Hall–Kier alpha value is -1.56. The molecule has 0 fully saturated rings. The molecule has 1 aromatic rings. The number of hydrogen-bond acceptors (Lipinski definition) is 3. The summed E-state index contributed by atoms with van der Waals surface area (Å²) in [5, 5.41) is 6.07. The molecule has 1 aromatic carbocycles. The number of amides is 2. The number of ether oxygens (including phenoxy) is 1. The number of alkyl halides is 1. The van der Waals surface area contributed by atoms with Crippen LogP contribution in [0.2, 0.25) is 0 Å². The van der Waals surface area contributed by atoms with Gasteiger partial charge in [-0.1, -0.05) is 28.1 Å². The first-order valence-corrected chi connectivity index (χ1v) is 7.84. The molecule has 0 saturated carbocycles. The van der Waals surface area contributed by atoms with Gasteiger partial charge in [-0.05, 0) is 38.5 Å². The molecule has 0 spiro atoms. The Morgan fingerprint density at radius 2 is 1.67 bits per heavy atom. The molecule has 5 nitrogen and oxygen atoms in total. The van der Waals surface area contributed by atoms with Crippen LogP contribution in [0, 0.1) is 0 Å². The van der Waals surface area contributed by atoms with Crippen LogP contribution in [0.4, 0.5) is 4.79 Å². The molecule has 2 amide bonds. The quantitative estimate of drug-likeness (QED) is 0.629. The molecule has 0 saturated heterocycles. The van der Waals surface area contributed by atoms with Crippen molar-refractivity contribution < 1.29 is 14.3 Å². The number of benzene rings is 1. The Balaban J connectivity index is 2.28. The molecule has 0 bridgehead atoms. The van der Waals surface area contributed by atoms with Crippen molar-refractivity contribution in [3.05, 3.63) is 35.4 Å². The zero-order valence-corrected chi connectivity index (χ0v) is 14.1. The minimum absolute atomic E-state index is 0.165. The molecular formula is C15H21BrN2O3. The molecular weight excluding hydrogens is 336 g/mol. The van der Waals surface area contributed by atoms with Crippen molar-refractivity contribution in [2.75, 3.05) is 13.1 Å². The van der Waals surface area contributed by atoms with Gasteiger partial charge in [-0.15, -0.1) is 0 Å². The van der Waals surface area contributed by atoms with Gasteiger partial charge in [0.05, 0.1) is 0 Å². The molecule has 0 atom stereocenters. The first-order chi connectivity index (χ1) is 9.81. The van der Waals surface area contributed by atoms with Gasteiger partial charge in [0.2, 0.25) is 0 Å². The first-order valence-electron chi connectivity index (χ1n) is 6.72. The maximum absolute atomic E-state index is 11.9. The zero-order chi connectivity index (χ0) is 15.9. The number of rotatable bonds is 5. The molecule has 0 heterocycles. The third-order valence-corrected chi connectivity index (χ3v) is 3.10. The molecule has 2 N–H and O–H groups in total. The van der Waals surface area contributed by atoms with E-state index in [1.165, 1.54) is 0 Å². The SMILES string of the molecule is CC(C)(C)OC(=O)NCCNC(=O)c1ccc(CBr)cc1. The van der Waals surface area contributed by atoms with E-state index >= 15 is 0 Å². The smallest absolute Gasteiger partial charge is 0.407 e. The van der Waals surface area contributed by atoms with Crippen LogP contribution in [-0.4, -0.2) is 30.7 Å². The molecule has 0 aromatic heterocycles. The van der Waals surface area contributed by atoms with Gasteiger partial charge in [-0.25, -0.2) is 4.79 Å². The Morgan fingerprint density at radius 1 is 1.10 bits per heavy atom. The van der Waals surface area contributed by atoms with E-state index in [0.29, 0.717) is 18.7 Å². The van der Waals surface area contributed by atoms with Crippen LogP contribution >= 0.6 is 15.9 Å². The summed E-state index contributed by atoms with van der Waals surface area (Å²) >= 11 is 3.35. The number of hydrogen-bond donors (Lipinski definition) is 2. The van der Waals surface area contributed by atoms with Crippen molar-refractivity contribution in [3.63, 3.8) is 0 Å². The monoisotopic (exact) mass is 356 g/mol. The van der Waals surface area contributed by atoms with E-state index in [0.717, 1.165) is 10.9 Å². The zero-order valence-electron chi connectivity index (χ0n) is 12.5. The molecule has 6 heteroatoms. The van der Waals surface area contributed by atoms with E-state index in [-0.39, 0.29) is 5.91 Å². The lowest BCUT2D eigenvalue weighted by atomic mass is 10.1. The highest BCUT2D eigenvalue weighted by molar-refractivity contribution is 9.08. The molecule has 0 aliphatic rings. The lowest BCUT2D eigenvalue weighted by molar-refractivity contribution is 0.0526. The van der Waals surface area contributed by atoms with E-state index in [4.69, 9.17) is 4.74 Å². The second-order valence-electron chi connectivity index (χ2n) is 5.52. The molecule has 0 aliphatic heterocycles. The summed E-state index contributed by atoms with van der Waals surface area (Å²) in [6, 6.07) is 7.33. The molecule has 116 valence electrons. The summed E-state index contributed by atoms with van der Waals surface area (Å²) in [6.45, 7) is 6.05. The highest BCUT2D eigenvalue weighted by Gasteiger charge is 2.15. The third-order valence-electron chi connectivity index (χ3n) is 2.45. The standard InChI is InChI=1S/C15H21BrN2O3/c1-15(2,3)21-14(20)18-9-8-17-13(19)12-6-4-11(10-16)5-7-12/h4-7H,8-10H2,1-3H3,(H,17,19)(H,18,20). The van der Waals surface area contributed by atoms with Crippen LogP contribution in [0.5, 0.6) is 0 Å². The van der Waals surface area contributed by atoms with Gasteiger partial charge in [0.15, 0.2) is 0 Å². The van der Waals surface area contributed by atoms with Gasteiger partial charge in [-0.3, -0.25) is 4.79 Å². The van der Waals surface area contributed by atoms with Crippen molar-refractivity contribution in [3.8, 4) is 0 Å². The molecule has 0 aliphatic carbocycles. The average molecular weight is 357 g/mol. The van der Waals surface area contributed by atoms with Gasteiger partial charge in [-0.2, -0.15) is 0 Å². The van der Waals surface area contributed by atoms with Crippen LogP contribution in [0.15, 0.2) is 24.3 Å². The lowest BCUT2D eigenvalue weighted by Gasteiger charge is -2.19. The highest BCUT2D eigenvalue weighted by atomic mass is 79.9. The Labute approximate surface area is 133 Å². The fourth-order valence-electron chi connectivity index (χ4n) is 1.50. The maximum Gasteiger partial charge on any atom is 0.407 e. The third kappa shape index (κ3) is 7.13.